The molecular formula is C13H19N3O4. The third-order valence-electron chi connectivity index (χ3n) is 2.50. The molecule has 20 heavy (non-hydrogen) atoms. The first-order valence-electron chi connectivity index (χ1n) is 6.39. The van der Waals surface area contributed by atoms with E-state index >= 15 is 0 Å². The molecule has 0 fully saturated rings. The van der Waals surface area contributed by atoms with E-state index in [0.717, 1.165) is 6.42 Å². The van der Waals surface area contributed by atoms with E-state index in [1.807, 2.05) is 6.92 Å². The van der Waals surface area contributed by atoms with Gasteiger partial charge in [-0.3, -0.25) is 14.9 Å². The number of amides is 1. The fraction of sp³-hybridized carbons (Fsp3) is 0.462. The third kappa shape index (κ3) is 5.13. The van der Waals surface area contributed by atoms with Crippen LogP contribution in [0.2, 0.25) is 0 Å². The molecule has 7 nitrogen and oxygen atoms in total. The molecule has 1 aromatic rings. The van der Waals surface area contributed by atoms with Gasteiger partial charge in [0, 0.05) is 30.3 Å². The predicted molar refractivity (Wildman–Crippen MR) is 75.8 cm³/mol. The van der Waals surface area contributed by atoms with Gasteiger partial charge < -0.3 is 15.8 Å². The molecule has 110 valence electrons. The predicted octanol–water partition coefficient (Wildman–Crippen LogP) is 2.06. The smallest absolute Gasteiger partial charge is 0.275 e. The lowest BCUT2D eigenvalue weighted by molar-refractivity contribution is -0.384. The summed E-state index contributed by atoms with van der Waals surface area (Å²) < 4.78 is 5.41. The lowest BCUT2D eigenvalue weighted by atomic mass is 10.2. The van der Waals surface area contributed by atoms with Crippen molar-refractivity contribution in [2.24, 2.45) is 5.73 Å². The van der Waals surface area contributed by atoms with Crippen LogP contribution in [0.5, 0.6) is 5.75 Å². The Kier molecular flexibility index (Phi) is 5.76. The molecule has 0 aliphatic rings. The first-order valence-corrected chi connectivity index (χ1v) is 6.39. The highest BCUT2D eigenvalue weighted by atomic mass is 16.6. The number of nitrogens with one attached hydrogen (secondary N) is 1. The zero-order valence-electron chi connectivity index (χ0n) is 11.6. The summed E-state index contributed by atoms with van der Waals surface area (Å²) in [5.41, 5.74) is 5.57. The number of ether oxygens (including phenoxy) is 1. The Hall–Kier alpha value is -2.31. The molecule has 1 unspecified atom stereocenters. The molecule has 1 atom stereocenters. The maximum atomic E-state index is 10.9. The number of carbonyl (C=O) groups is 1. The molecule has 0 aromatic heterocycles. The number of hydrogen-bond acceptors (Lipinski definition) is 5. The molecule has 0 radical (unpaired) electrons. The minimum Gasteiger partial charge on any atom is -0.493 e. The van der Waals surface area contributed by atoms with Crippen molar-refractivity contribution < 1.29 is 14.5 Å². The van der Waals surface area contributed by atoms with Gasteiger partial charge in [-0.15, -0.1) is 0 Å². The van der Waals surface area contributed by atoms with Crippen LogP contribution >= 0.6 is 0 Å². The van der Waals surface area contributed by atoms with Crippen LogP contribution in [0.15, 0.2) is 18.2 Å². The number of anilines is 1. The highest BCUT2D eigenvalue weighted by Gasteiger charge is 2.13. The van der Waals surface area contributed by atoms with E-state index in [-0.39, 0.29) is 18.2 Å². The number of nitrogens with two attached hydrogens (primary N) is 1. The van der Waals surface area contributed by atoms with Crippen LogP contribution in [0.4, 0.5) is 11.4 Å². The molecule has 1 aromatic carbocycles. The van der Waals surface area contributed by atoms with Crippen molar-refractivity contribution >= 4 is 17.3 Å². The standard InChI is InChI=1S/C13H19N3O4/c1-3-4-20-12-7-10(6-11(8-12)16(18)19)15-9(2)5-13(14)17/h6-9,15H,3-5H2,1-2H3,(H2,14,17). The van der Waals surface area contributed by atoms with Gasteiger partial charge in [-0.25, -0.2) is 0 Å². The van der Waals surface area contributed by atoms with Gasteiger partial charge in [-0.05, 0) is 13.3 Å². The number of nitro benzene ring substituents is 1. The van der Waals surface area contributed by atoms with Crippen molar-refractivity contribution in [1.82, 2.24) is 0 Å². The number of carbonyl (C=O) groups excluding carboxylic acids is 1. The van der Waals surface area contributed by atoms with E-state index in [0.29, 0.717) is 18.0 Å². The van der Waals surface area contributed by atoms with Crippen molar-refractivity contribution in [2.45, 2.75) is 32.7 Å². The van der Waals surface area contributed by atoms with Gasteiger partial charge in [0.25, 0.3) is 5.69 Å². The average molecular weight is 281 g/mol. The Labute approximate surface area is 117 Å². The van der Waals surface area contributed by atoms with Crippen LogP contribution in [0, 0.1) is 10.1 Å². The number of rotatable bonds is 8. The molecule has 1 amide bonds. The van der Waals surface area contributed by atoms with Crippen LogP contribution < -0.4 is 15.8 Å². The van der Waals surface area contributed by atoms with Gasteiger partial charge in [0.05, 0.1) is 17.6 Å². The van der Waals surface area contributed by atoms with E-state index in [2.05, 4.69) is 5.32 Å². The largest absolute Gasteiger partial charge is 0.493 e. The van der Waals surface area contributed by atoms with Gasteiger partial charge in [-0.2, -0.15) is 0 Å². The number of nitrogens with zero attached hydrogens (tertiary/aromatic N) is 1. The Balaban J connectivity index is 2.90. The molecular weight excluding hydrogens is 262 g/mol. The third-order valence-corrected chi connectivity index (χ3v) is 2.50. The molecule has 0 heterocycles. The van der Waals surface area contributed by atoms with Crippen LogP contribution in [-0.2, 0) is 4.79 Å². The Morgan fingerprint density at radius 1 is 1.50 bits per heavy atom. The van der Waals surface area contributed by atoms with Crippen LogP contribution in [0.3, 0.4) is 0 Å². The van der Waals surface area contributed by atoms with Crippen molar-refractivity contribution in [3.05, 3.63) is 28.3 Å². The Morgan fingerprint density at radius 2 is 2.20 bits per heavy atom. The van der Waals surface area contributed by atoms with Gasteiger partial charge in [0.1, 0.15) is 5.75 Å². The van der Waals surface area contributed by atoms with E-state index in [9.17, 15) is 14.9 Å². The summed E-state index contributed by atoms with van der Waals surface area (Å²) in [6.45, 7) is 4.21. The maximum absolute atomic E-state index is 10.9. The Morgan fingerprint density at radius 3 is 2.75 bits per heavy atom. The van der Waals surface area contributed by atoms with E-state index in [1.54, 1.807) is 13.0 Å². The summed E-state index contributed by atoms with van der Waals surface area (Å²) in [4.78, 5) is 21.2. The van der Waals surface area contributed by atoms with Crippen molar-refractivity contribution in [2.75, 3.05) is 11.9 Å². The van der Waals surface area contributed by atoms with Crippen molar-refractivity contribution in [3.63, 3.8) is 0 Å². The van der Waals surface area contributed by atoms with Gasteiger partial charge in [0.15, 0.2) is 0 Å². The zero-order chi connectivity index (χ0) is 15.1. The van der Waals surface area contributed by atoms with Crippen LogP contribution in [0.25, 0.3) is 0 Å². The second-order valence-electron chi connectivity index (χ2n) is 4.54. The van der Waals surface area contributed by atoms with Crippen molar-refractivity contribution in [3.8, 4) is 5.75 Å². The van der Waals surface area contributed by atoms with Gasteiger partial charge in [-0.1, -0.05) is 6.92 Å². The molecule has 0 bridgehead atoms. The number of benzene rings is 1. The topological polar surface area (TPSA) is 107 Å². The molecule has 0 spiro atoms. The summed E-state index contributed by atoms with van der Waals surface area (Å²) in [6.07, 6.45) is 0.956. The Bertz CT molecular complexity index is 491. The zero-order valence-corrected chi connectivity index (χ0v) is 11.6. The number of non-ortho nitro benzene ring substituents is 1. The number of primary amides is 1. The van der Waals surface area contributed by atoms with E-state index < -0.39 is 10.8 Å². The van der Waals surface area contributed by atoms with Gasteiger partial charge >= 0.3 is 0 Å². The summed E-state index contributed by atoms with van der Waals surface area (Å²) >= 11 is 0. The summed E-state index contributed by atoms with van der Waals surface area (Å²) in [5.74, 6) is -0.00675. The summed E-state index contributed by atoms with van der Waals surface area (Å²) in [6, 6.07) is 4.23. The van der Waals surface area contributed by atoms with Gasteiger partial charge in [0.2, 0.25) is 5.91 Å². The normalized spacial score (nSPS) is 11.7. The number of nitro groups is 1. The SMILES string of the molecule is CCCOc1cc(NC(C)CC(N)=O)cc([N+](=O)[O-])c1. The average Bonchev–Trinajstić information content (AvgIpc) is 2.34. The number of hydrogen-bond donors (Lipinski definition) is 2. The summed E-state index contributed by atoms with van der Waals surface area (Å²) in [5, 5.41) is 13.9. The van der Waals surface area contributed by atoms with E-state index in [4.69, 9.17) is 10.5 Å². The first-order chi connectivity index (χ1) is 9.42. The lowest BCUT2D eigenvalue weighted by Gasteiger charge is -2.14. The van der Waals surface area contributed by atoms with Crippen molar-refractivity contribution in [1.29, 1.82) is 0 Å². The molecule has 0 aliphatic carbocycles. The highest BCUT2D eigenvalue weighted by molar-refractivity contribution is 5.75. The fourth-order valence-corrected chi connectivity index (χ4v) is 1.71. The fourth-order valence-electron chi connectivity index (χ4n) is 1.71. The lowest BCUT2D eigenvalue weighted by Crippen LogP contribution is -2.24. The molecule has 7 heteroatoms. The molecule has 0 saturated carbocycles. The highest BCUT2D eigenvalue weighted by Crippen LogP contribution is 2.26. The van der Waals surface area contributed by atoms with E-state index in [1.165, 1.54) is 12.1 Å². The quantitative estimate of drug-likeness (QED) is 0.560. The second-order valence-corrected chi connectivity index (χ2v) is 4.54. The molecule has 0 aliphatic heterocycles. The minimum absolute atomic E-state index is 0.0626. The van der Waals surface area contributed by atoms with Crippen LogP contribution in [-0.4, -0.2) is 23.5 Å². The monoisotopic (exact) mass is 281 g/mol. The van der Waals surface area contributed by atoms with Crippen LogP contribution in [0.1, 0.15) is 26.7 Å². The first kappa shape index (κ1) is 15.7. The molecule has 1 rings (SSSR count). The maximum Gasteiger partial charge on any atom is 0.275 e. The second kappa shape index (κ2) is 7.32. The molecule has 0 saturated heterocycles. The molecule has 3 N–H and O–H groups in total. The minimum atomic E-state index is -0.483. The summed E-state index contributed by atoms with van der Waals surface area (Å²) in [7, 11) is 0.